The van der Waals surface area contributed by atoms with Crippen LogP contribution in [0.4, 0.5) is 14.5 Å². The minimum Gasteiger partial charge on any atom is -0.206 e. The lowest BCUT2D eigenvalue weighted by Crippen LogP contribution is -1.87. The average molecular weight is 333 g/mol. The monoisotopic (exact) mass is 333 g/mol. The first-order valence-electron chi connectivity index (χ1n) is 6.81. The number of halogens is 2. The van der Waals surface area contributed by atoms with Crippen LogP contribution in [0.25, 0.3) is 0 Å². The minimum atomic E-state index is -0.669. The highest BCUT2D eigenvalue weighted by Gasteiger charge is 2.07. The number of benzene rings is 1. The summed E-state index contributed by atoms with van der Waals surface area (Å²) in [6, 6.07) is 5.93. The molecule has 0 unspecified atom stereocenters. The van der Waals surface area contributed by atoms with Gasteiger partial charge in [0.25, 0.3) is 0 Å². The third-order valence-electron chi connectivity index (χ3n) is 2.96. The number of nitrogens with zero attached hydrogens (tertiary/aromatic N) is 1. The van der Waals surface area contributed by atoms with Gasteiger partial charge in [0.05, 0.1) is 15.6 Å². The average Bonchev–Trinajstić information content (AvgIpc) is 2.95. The van der Waals surface area contributed by atoms with E-state index in [1.165, 1.54) is 4.88 Å². The summed E-state index contributed by atoms with van der Waals surface area (Å²) in [6.45, 7) is 2.14. The zero-order valence-corrected chi connectivity index (χ0v) is 13.6. The van der Waals surface area contributed by atoms with Gasteiger partial charge in [-0.15, -0.1) is 11.3 Å². The van der Waals surface area contributed by atoms with Crippen molar-refractivity contribution in [3.8, 4) is 11.8 Å². The lowest BCUT2D eigenvalue weighted by atomic mass is 10.2. The SMILES string of the molecule is CCCCc1ccc(C#Cc2cc(F)c(N=C=S)cc2F)s1. The summed E-state index contributed by atoms with van der Waals surface area (Å²) in [7, 11) is 0. The Bertz CT molecular complexity index is 778. The molecule has 1 aromatic carbocycles. The number of thiophene rings is 1. The number of unbranched alkanes of at least 4 members (excludes halogenated alkanes) is 1. The molecule has 0 atom stereocenters. The topological polar surface area (TPSA) is 12.4 Å². The summed E-state index contributed by atoms with van der Waals surface area (Å²) in [5.41, 5.74) is -0.166. The van der Waals surface area contributed by atoms with Gasteiger partial charge in [-0.05, 0) is 43.3 Å². The largest absolute Gasteiger partial charge is 0.206 e. The highest BCUT2D eigenvalue weighted by molar-refractivity contribution is 7.78. The van der Waals surface area contributed by atoms with E-state index in [4.69, 9.17) is 0 Å². The van der Waals surface area contributed by atoms with Crippen molar-refractivity contribution in [2.24, 2.45) is 4.99 Å². The fourth-order valence-electron chi connectivity index (χ4n) is 1.83. The van der Waals surface area contributed by atoms with Crippen molar-refractivity contribution in [2.45, 2.75) is 26.2 Å². The molecule has 0 saturated carbocycles. The summed E-state index contributed by atoms with van der Waals surface area (Å²) in [5, 5.41) is 2.02. The maximum absolute atomic E-state index is 13.8. The number of aliphatic imine (C=N–C) groups is 1. The van der Waals surface area contributed by atoms with E-state index in [9.17, 15) is 8.78 Å². The maximum Gasteiger partial charge on any atom is 0.151 e. The van der Waals surface area contributed by atoms with E-state index in [-0.39, 0.29) is 11.3 Å². The second-order valence-corrected chi connectivity index (χ2v) is 5.96. The minimum absolute atomic E-state index is 0.00401. The van der Waals surface area contributed by atoms with Crippen LogP contribution in [0, 0.1) is 23.5 Å². The van der Waals surface area contributed by atoms with Crippen LogP contribution >= 0.6 is 23.6 Å². The van der Waals surface area contributed by atoms with Crippen LogP contribution in [0.3, 0.4) is 0 Å². The van der Waals surface area contributed by atoms with E-state index in [2.05, 4.69) is 36.0 Å². The van der Waals surface area contributed by atoms with Crippen molar-refractivity contribution < 1.29 is 8.78 Å². The summed E-state index contributed by atoms with van der Waals surface area (Å²) >= 11 is 5.97. The van der Waals surface area contributed by atoms with Crippen LogP contribution in [-0.4, -0.2) is 5.16 Å². The number of aryl methyl sites for hydroxylation is 1. The molecule has 0 amide bonds. The van der Waals surface area contributed by atoms with Crippen LogP contribution in [0.1, 0.15) is 35.1 Å². The number of isothiocyanates is 1. The molecule has 1 aromatic heterocycles. The van der Waals surface area contributed by atoms with Gasteiger partial charge in [0, 0.05) is 10.9 Å². The standard InChI is InChI=1S/C17H13F2NS2/c1-2-3-4-13-7-8-14(22-13)6-5-12-9-16(19)17(20-11-21)10-15(12)18/h7-10H,2-4H2,1H3. The molecule has 0 bridgehead atoms. The molecular formula is C17H13F2NS2. The van der Waals surface area contributed by atoms with Gasteiger partial charge in [-0.1, -0.05) is 25.2 Å². The smallest absolute Gasteiger partial charge is 0.151 e. The summed E-state index contributed by atoms with van der Waals surface area (Å²) < 4.78 is 27.5. The van der Waals surface area contributed by atoms with Gasteiger partial charge in [-0.3, -0.25) is 0 Å². The molecule has 0 N–H and O–H groups in total. The predicted molar refractivity (Wildman–Crippen MR) is 90.0 cm³/mol. The molecule has 2 rings (SSSR count). The molecule has 0 fully saturated rings. The second-order valence-electron chi connectivity index (χ2n) is 4.61. The van der Waals surface area contributed by atoms with Gasteiger partial charge in [0.15, 0.2) is 5.82 Å². The third-order valence-corrected chi connectivity index (χ3v) is 4.11. The Morgan fingerprint density at radius 1 is 1.18 bits per heavy atom. The van der Waals surface area contributed by atoms with Crippen molar-refractivity contribution in [3.63, 3.8) is 0 Å². The molecule has 0 aliphatic carbocycles. The Morgan fingerprint density at radius 3 is 2.73 bits per heavy atom. The Labute approximate surface area is 137 Å². The molecule has 0 aliphatic heterocycles. The molecule has 2 aromatic rings. The first-order valence-corrected chi connectivity index (χ1v) is 8.04. The van der Waals surface area contributed by atoms with Crippen molar-refractivity contribution in [3.05, 3.63) is 51.2 Å². The zero-order chi connectivity index (χ0) is 15.9. The van der Waals surface area contributed by atoms with Gasteiger partial charge in [-0.25, -0.2) is 8.78 Å². The van der Waals surface area contributed by atoms with Crippen molar-refractivity contribution in [2.75, 3.05) is 0 Å². The first-order chi connectivity index (χ1) is 10.6. The van der Waals surface area contributed by atoms with Crippen LogP contribution in [-0.2, 0) is 6.42 Å². The quantitative estimate of drug-likeness (QED) is 0.409. The highest BCUT2D eigenvalue weighted by Crippen LogP contribution is 2.22. The maximum atomic E-state index is 13.8. The molecule has 0 radical (unpaired) electrons. The van der Waals surface area contributed by atoms with E-state index in [1.807, 2.05) is 17.3 Å². The number of rotatable bonds is 4. The Hall–Kier alpha value is -1.86. The molecule has 0 aliphatic rings. The fraction of sp³-hybridized carbons (Fsp3) is 0.235. The zero-order valence-electron chi connectivity index (χ0n) is 12.0. The van der Waals surface area contributed by atoms with Gasteiger partial charge < -0.3 is 0 Å². The molecule has 22 heavy (non-hydrogen) atoms. The van der Waals surface area contributed by atoms with Crippen LogP contribution in [0.5, 0.6) is 0 Å². The van der Waals surface area contributed by atoms with Crippen molar-refractivity contribution in [1.29, 1.82) is 0 Å². The molecule has 112 valence electrons. The van der Waals surface area contributed by atoms with E-state index in [0.717, 1.165) is 36.3 Å². The van der Waals surface area contributed by atoms with Gasteiger partial charge in [-0.2, -0.15) is 4.99 Å². The molecule has 5 heteroatoms. The molecule has 0 spiro atoms. The number of hydrogen-bond acceptors (Lipinski definition) is 3. The van der Waals surface area contributed by atoms with Gasteiger partial charge in [0.2, 0.25) is 0 Å². The van der Waals surface area contributed by atoms with Crippen LogP contribution in [0.15, 0.2) is 29.3 Å². The number of thiocarbonyl (C=S) groups is 1. The molecular weight excluding hydrogens is 320 g/mol. The summed E-state index contributed by atoms with van der Waals surface area (Å²) in [6.07, 6.45) is 3.30. The van der Waals surface area contributed by atoms with Crippen molar-refractivity contribution in [1.82, 2.24) is 0 Å². The predicted octanol–water partition coefficient (Wildman–Crippen LogP) is 5.50. The molecule has 1 nitrogen and oxygen atoms in total. The number of hydrogen-bond donors (Lipinski definition) is 0. The lowest BCUT2D eigenvalue weighted by molar-refractivity contribution is 0.599. The normalized spacial score (nSPS) is 9.77. The summed E-state index contributed by atoms with van der Waals surface area (Å²) in [5.74, 6) is 4.25. The lowest BCUT2D eigenvalue weighted by Gasteiger charge is -1.98. The first kappa shape index (κ1) is 16.5. The van der Waals surface area contributed by atoms with E-state index < -0.39 is 11.6 Å². The fourth-order valence-corrected chi connectivity index (χ4v) is 2.83. The highest BCUT2D eigenvalue weighted by atomic mass is 32.1. The van der Waals surface area contributed by atoms with E-state index in [1.54, 1.807) is 11.3 Å². The van der Waals surface area contributed by atoms with E-state index >= 15 is 0 Å². The Morgan fingerprint density at radius 2 is 2.00 bits per heavy atom. The second kappa shape index (κ2) is 7.95. The van der Waals surface area contributed by atoms with Gasteiger partial charge in [0.1, 0.15) is 11.5 Å². The van der Waals surface area contributed by atoms with Crippen LogP contribution in [0.2, 0.25) is 0 Å². The summed E-state index contributed by atoms with van der Waals surface area (Å²) in [4.78, 5) is 5.55. The van der Waals surface area contributed by atoms with Crippen molar-refractivity contribution >= 4 is 34.4 Å². The van der Waals surface area contributed by atoms with E-state index in [0.29, 0.717) is 0 Å². The van der Waals surface area contributed by atoms with Gasteiger partial charge >= 0.3 is 0 Å². The van der Waals surface area contributed by atoms with Crippen LogP contribution < -0.4 is 0 Å². The molecule has 0 saturated heterocycles. The Balaban J connectivity index is 2.22. The molecule has 1 heterocycles. The third kappa shape index (κ3) is 4.32. The Kier molecular flexibility index (Phi) is 5.97.